The summed E-state index contributed by atoms with van der Waals surface area (Å²) in [5.74, 6) is 0.589. The van der Waals surface area contributed by atoms with Gasteiger partial charge >= 0.3 is 0 Å². The van der Waals surface area contributed by atoms with Crippen LogP contribution in [0.2, 0.25) is 0 Å². The summed E-state index contributed by atoms with van der Waals surface area (Å²) in [6, 6.07) is 9.07. The first-order valence-corrected chi connectivity index (χ1v) is 9.69. The zero-order valence-electron chi connectivity index (χ0n) is 15.7. The van der Waals surface area contributed by atoms with E-state index in [-0.39, 0.29) is 19.7 Å². The summed E-state index contributed by atoms with van der Waals surface area (Å²) in [6.07, 6.45) is 0. The van der Waals surface area contributed by atoms with Crippen molar-refractivity contribution in [2.24, 2.45) is 0 Å². The third-order valence-electron chi connectivity index (χ3n) is 4.03. The molecule has 0 heterocycles. The summed E-state index contributed by atoms with van der Waals surface area (Å²) < 4.78 is 37.3. The van der Waals surface area contributed by atoms with Crippen LogP contribution in [0.25, 0.3) is 0 Å². The van der Waals surface area contributed by atoms with E-state index in [1.807, 2.05) is 0 Å². The molecule has 2 aromatic carbocycles. The molecule has 0 aliphatic heterocycles. The Morgan fingerprint density at radius 2 is 1.66 bits per heavy atom. The third-order valence-corrected chi connectivity index (χ3v) is 5.92. The number of rotatable bonds is 10. The fourth-order valence-corrected chi connectivity index (χ4v) is 4.08. The van der Waals surface area contributed by atoms with Crippen LogP contribution >= 0.6 is 0 Å². The molecule has 0 saturated heterocycles. The van der Waals surface area contributed by atoms with E-state index in [2.05, 4.69) is 0 Å². The molecule has 11 nitrogen and oxygen atoms in total. The Morgan fingerprint density at radius 1 is 1.00 bits per heavy atom. The summed E-state index contributed by atoms with van der Waals surface area (Å²) in [5.41, 5.74) is -0.819. The molecule has 0 saturated carbocycles. The molecule has 0 spiro atoms. The first-order chi connectivity index (χ1) is 13.7. The molecule has 0 aliphatic carbocycles. The largest absolute Gasteiger partial charge is 0.497 e. The summed E-state index contributed by atoms with van der Waals surface area (Å²) >= 11 is 0. The number of ether oxygens (including phenoxy) is 2. The number of hydrogen-bond donors (Lipinski definition) is 0. The van der Waals surface area contributed by atoms with Gasteiger partial charge in [0, 0.05) is 26.3 Å². The van der Waals surface area contributed by atoms with Crippen molar-refractivity contribution in [3.8, 4) is 5.75 Å². The van der Waals surface area contributed by atoms with Gasteiger partial charge in [0.1, 0.15) is 5.75 Å². The minimum Gasteiger partial charge on any atom is -0.497 e. The van der Waals surface area contributed by atoms with E-state index in [1.54, 1.807) is 24.3 Å². The fraction of sp³-hybridized carbons (Fsp3) is 0.294. The van der Waals surface area contributed by atoms with Gasteiger partial charge in [0.25, 0.3) is 11.4 Å². The Hall–Kier alpha value is -3.09. The quantitative estimate of drug-likeness (QED) is 0.417. The minimum absolute atomic E-state index is 0.0517. The van der Waals surface area contributed by atoms with E-state index in [0.717, 1.165) is 16.4 Å². The predicted octanol–water partition coefficient (Wildman–Crippen LogP) is 2.35. The number of nitro benzene ring substituents is 2. The Kier molecular flexibility index (Phi) is 7.20. The lowest BCUT2D eigenvalue weighted by atomic mass is 10.2. The number of nitrogens with zero attached hydrogens (tertiary/aromatic N) is 3. The van der Waals surface area contributed by atoms with Gasteiger partial charge in [-0.3, -0.25) is 20.2 Å². The van der Waals surface area contributed by atoms with Crippen LogP contribution in [-0.2, 0) is 21.3 Å². The van der Waals surface area contributed by atoms with Gasteiger partial charge in [-0.05, 0) is 23.8 Å². The van der Waals surface area contributed by atoms with Crippen LogP contribution in [0.4, 0.5) is 11.4 Å². The van der Waals surface area contributed by atoms with Crippen LogP contribution in [-0.4, -0.2) is 49.9 Å². The number of non-ortho nitro benzene ring substituents is 1. The second-order valence-corrected chi connectivity index (χ2v) is 7.75. The average Bonchev–Trinajstić information content (AvgIpc) is 2.70. The van der Waals surface area contributed by atoms with Crippen LogP contribution in [0.5, 0.6) is 5.75 Å². The molecular weight excluding hydrogens is 406 g/mol. The summed E-state index contributed by atoms with van der Waals surface area (Å²) in [6.45, 7) is -0.0982. The van der Waals surface area contributed by atoms with E-state index in [1.165, 1.54) is 14.2 Å². The standard InChI is InChI=1S/C17H19N3O8S/c1-27-10-9-18(12-13-3-6-15(28-2)7-4-13)29(25,26)17-8-5-14(19(21)22)11-16(17)20(23)24/h3-8,11H,9-10,12H2,1-2H3. The van der Waals surface area contributed by atoms with Gasteiger partial charge in [-0.1, -0.05) is 12.1 Å². The highest BCUT2D eigenvalue weighted by molar-refractivity contribution is 7.89. The second-order valence-electron chi connectivity index (χ2n) is 5.85. The maximum absolute atomic E-state index is 13.1. The molecule has 29 heavy (non-hydrogen) atoms. The predicted molar refractivity (Wildman–Crippen MR) is 102 cm³/mol. The number of methoxy groups -OCH3 is 2. The van der Waals surface area contributed by atoms with E-state index in [4.69, 9.17) is 9.47 Å². The van der Waals surface area contributed by atoms with E-state index in [0.29, 0.717) is 17.4 Å². The Labute approximate surface area is 166 Å². The first kappa shape index (κ1) is 22.2. The molecule has 0 radical (unpaired) electrons. The summed E-state index contributed by atoms with van der Waals surface area (Å²) in [5, 5.41) is 22.3. The Morgan fingerprint density at radius 3 is 2.17 bits per heavy atom. The van der Waals surface area contributed by atoms with Gasteiger partial charge < -0.3 is 9.47 Å². The normalized spacial score (nSPS) is 11.4. The van der Waals surface area contributed by atoms with Crippen LogP contribution in [0, 0.1) is 20.2 Å². The zero-order chi connectivity index (χ0) is 21.6. The monoisotopic (exact) mass is 425 g/mol. The van der Waals surface area contributed by atoms with Gasteiger partial charge in [0.05, 0.1) is 29.6 Å². The highest BCUT2D eigenvalue weighted by Crippen LogP contribution is 2.31. The number of sulfonamides is 1. The topological polar surface area (TPSA) is 142 Å². The molecule has 156 valence electrons. The number of benzene rings is 2. The van der Waals surface area contributed by atoms with E-state index in [9.17, 15) is 28.6 Å². The van der Waals surface area contributed by atoms with Crippen LogP contribution < -0.4 is 4.74 Å². The van der Waals surface area contributed by atoms with Crippen molar-refractivity contribution >= 4 is 21.4 Å². The zero-order valence-corrected chi connectivity index (χ0v) is 16.5. The lowest BCUT2D eigenvalue weighted by Gasteiger charge is -2.22. The van der Waals surface area contributed by atoms with Crippen molar-refractivity contribution < 1.29 is 27.7 Å². The summed E-state index contributed by atoms with van der Waals surface area (Å²) in [7, 11) is -1.45. The molecule has 0 aromatic heterocycles. The van der Waals surface area contributed by atoms with E-state index >= 15 is 0 Å². The molecule has 0 fully saturated rings. The second kappa shape index (κ2) is 9.41. The Balaban J connectivity index is 2.48. The van der Waals surface area contributed by atoms with Crippen LogP contribution in [0.15, 0.2) is 47.4 Å². The average molecular weight is 425 g/mol. The molecule has 2 aromatic rings. The number of hydrogen-bond acceptors (Lipinski definition) is 8. The number of nitro groups is 2. The molecule has 2 rings (SSSR count). The van der Waals surface area contributed by atoms with Crippen LogP contribution in [0.3, 0.4) is 0 Å². The van der Waals surface area contributed by atoms with Crippen LogP contribution in [0.1, 0.15) is 5.56 Å². The fourth-order valence-electron chi connectivity index (χ4n) is 2.53. The molecule has 12 heteroatoms. The molecular formula is C17H19N3O8S. The molecule has 0 aliphatic rings. The van der Waals surface area contributed by atoms with Crippen molar-refractivity contribution in [2.45, 2.75) is 11.4 Å². The highest BCUT2D eigenvalue weighted by atomic mass is 32.2. The SMILES string of the molecule is COCCN(Cc1ccc(OC)cc1)S(=O)(=O)c1ccc([N+](=O)[O-])cc1[N+](=O)[O-]. The lowest BCUT2D eigenvalue weighted by Crippen LogP contribution is -2.34. The van der Waals surface area contributed by atoms with Gasteiger partial charge in [-0.25, -0.2) is 8.42 Å². The van der Waals surface area contributed by atoms with Crippen molar-refractivity contribution in [3.05, 3.63) is 68.3 Å². The van der Waals surface area contributed by atoms with Crippen molar-refractivity contribution in [2.75, 3.05) is 27.4 Å². The smallest absolute Gasteiger partial charge is 0.296 e. The summed E-state index contributed by atoms with van der Waals surface area (Å²) in [4.78, 5) is 19.9. The Bertz CT molecular complexity index is 992. The maximum atomic E-state index is 13.1. The van der Waals surface area contributed by atoms with E-state index < -0.39 is 36.1 Å². The molecule has 0 atom stereocenters. The molecule has 0 N–H and O–H groups in total. The highest BCUT2D eigenvalue weighted by Gasteiger charge is 2.33. The first-order valence-electron chi connectivity index (χ1n) is 8.25. The maximum Gasteiger partial charge on any atom is 0.296 e. The lowest BCUT2D eigenvalue weighted by molar-refractivity contribution is -0.396. The molecule has 0 bridgehead atoms. The van der Waals surface area contributed by atoms with Crippen molar-refractivity contribution in [1.29, 1.82) is 0 Å². The van der Waals surface area contributed by atoms with Gasteiger partial charge in [-0.2, -0.15) is 4.31 Å². The van der Waals surface area contributed by atoms with Gasteiger partial charge in [0.2, 0.25) is 10.0 Å². The van der Waals surface area contributed by atoms with Crippen molar-refractivity contribution in [1.82, 2.24) is 4.31 Å². The third kappa shape index (κ3) is 5.25. The molecule has 0 unspecified atom stereocenters. The minimum atomic E-state index is -4.35. The molecule has 0 amide bonds. The van der Waals surface area contributed by atoms with Gasteiger partial charge in [0.15, 0.2) is 4.90 Å². The van der Waals surface area contributed by atoms with Crippen molar-refractivity contribution in [3.63, 3.8) is 0 Å². The van der Waals surface area contributed by atoms with Gasteiger partial charge in [-0.15, -0.1) is 0 Å².